The van der Waals surface area contributed by atoms with Crippen LogP contribution < -0.4 is 31.1 Å². The molecule has 7 aromatic rings. The monoisotopic (exact) mass is 1030 g/mol. The first-order valence-corrected chi connectivity index (χ1v) is 30.1. The molecule has 2 atom stereocenters. The molecule has 3 heterocycles. The number of aryl methyl sites for hydroxylation is 1. The number of fused-ring (bicyclic) bond motifs is 12. The lowest BCUT2D eigenvalue weighted by Crippen LogP contribution is -2.62. The van der Waals surface area contributed by atoms with E-state index >= 15 is 0 Å². The Morgan fingerprint density at radius 1 is 0.423 bits per heavy atom. The molecular weight excluding hydrogens is 942 g/mol. The van der Waals surface area contributed by atoms with Crippen LogP contribution >= 0.6 is 0 Å². The van der Waals surface area contributed by atoms with Crippen LogP contribution in [0.4, 0.5) is 45.5 Å². The first-order chi connectivity index (χ1) is 36.7. The van der Waals surface area contributed by atoms with Gasteiger partial charge in [-0.25, -0.2) is 0 Å². The maximum Gasteiger partial charge on any atom is 0.252 e. The molecule has 398 valence electrons. The summed E-state index contributed by atoms with van der Waals surface area (Å²) in [5.74, 6) is 0. The van der Waals surface area contributed by atoms with Gasteiger partial charge in [0, 0.05) is 50.6 Å². The summed E-state index contributed by atoms with van der Waals surface area (Å²) in [6.07, 6.45) is 9.60. The van der Waals surface area contributed by atoms with Gasteiger partial charge in [0.25, 0.3) is 6.71 Å². The molecule has 7 aliphatic rings. The molecule has 0 spiro atoms. The van der Waals surface area contributed by atoms with Crippen molar-refractivity contribution in [3.05, 3.63) is 171 Å². The number of nitrogens with zero attached hydrogens (tertiary/aromatic N) is 3. The SMILES string of the molecule is Cc1cc2c3c(c1)N(c1cccc4c1C(C)(C)c1ccccc1-4)c1cc(N4c5ccc(C(C)(C)C)cc5C5(C)CCCCC45C)ccc1B3c1cc3c(cc1N2c1ccc2c(c1)C(C)(C)CCC2(C)C)C(C)(C)CCC3(C)C. The molecule has 0 bridgehead atoms. The van der Waals surface area contributed by atoms with Crippen LogP contribution in [-0.4, -0.2) is 12.3 Å². The number of hydrogen-bond acceptors (Lipinski definition) is 3. The van der Waals surface area contributed by atoms with Crippen LogP contribution in [0.25, 0.3) is 11.1 Å². The number of benzene rings is 7. The van der Waals surface area contributed by atoms with Crippen molar-refractivity contribution in [2.75, 3.05) is 14.7 Å². The summed E-state index contributed by atoms with van der Waals surface area (Å²) in [6, 6.07) is 49.9. The van der Waals surface area contributed by atoms with Crippen molar-refractivity contribution in [1.82, 2.24) is 0 Å². The van der Waals surface area contributed by atoms with Gasteiger partial charge >= 0.3 is 0 Å². The van der Waals surface area contributed by atoms with Crippen molar-refractivity contribution in [2.24, 2.45) is 0 Å². The lowest BCUT2D eigenvalue weighted by molar-refractivity contribution is 0.195. The van der Waals surface area contributed by atoms with Crippen LogP contribution in [0.15, 0.2) is 121 Å². The van der Waals surface area contributed by atoms with Crippen LogP contribution in [0.1, 0.15) is 205 Å². The molecule has 0 radical (unpaired) electrons. The zero-order valence-electron chi connectivity index (χ0n) is 50.1. The average molecular weight is 1030 g/mol. The summed E-state index contributed by atoms with van der Waals surface area (Å²) >= 11 is 0. The fourth-order valence-electron chi connectivity index (χ4n) is 17.2. The van der Waals surface area contributed by atoms with Crippen molar-refractivity contribution >= 4 is 68.6 Å². The Balaban J connectivity index is 1.08. The van der Waals surface area contributed by atoms with Crippen LogP contribution in [0.3, 0.4) is 0 Å². The van der Waals surface area contributed by atoms with Gasteiger partial charge in [-0.05, 0) is 212 Å². The second-order valence-corrected chi connectivity index (χ2v) is 30.3. The topological polar surface area (TPSA) is 9.72 Å². The molecule has 78 heavy (non-hydrogen) atoms. The average Bonchev–Trinajstić information content (AvgIpc) is 3.97. The maximum absolute atomic E-state index is 2.83. The normalized spacial score (nSPS) is 23.7. The summed E-state index contributed by atoms with van der Waals surface area (Å²) in [7, 11) is 0. The molecule has 0 N–H and O–H groups in total. The molecule has 4 heteroatoms. The van der Waals surface area contributed by atoms with Gasteiger partial charge in [-0.2, -0.15) is 0 Å². The predicted octanol–water partition coefficient (Wildman–Crippen LogP) is 18.1. The Morgan fingerprint density at radius 2 is 1.03 bits per heavy atom. The van der Waals surface area contributed by atoms with Gasteiger partial charge in [0.05, 0.1) is 11.2 Å². The summed E-state index contributed by atoms with van der Waals surface area (Å²) in [6.45, 7) is 39.6. The van der Waals surface area contributed by atoms with E-state index in [4.69, 9.17) is 0 Å². The molecule has 0 aromatic heterocycles. The van der Waals surface area contributed by atoms with Crippen LogP contribution in [0.2, 0.25) is 0 Å². The molecule has 7 aromatic carbocycles. The zero-order chi connectivity index (χ0) is 54.8. The minimum atomic E-state index is -0.225. The van der Waals surface area contributed by atoms with Crippen LogP contribution in [0, 0.1) is 6.92 Å². The first kappa shape index (κ1) is 50.2. The van der Waals surface area contributed by atoms with Crippen molar-refractivity contribution in [1.29, 1.82) is 0 Å². The van der Waals surface area contributed by atoms with Gasteiger partial charge in [-0.3, -0.25) is 0 Å². The molecule has 2 unspecified atom stereocenters. The molecular formula is C74H84BN3. The standard InChI is InChI=1S/C74H84BN3/c1-45-38-63-66-64(39-45)77(60-25-21-23-50-49-22-17-18-24-51(49)72(13,14)65(50)60)61-42-48(78-59-31-26-46(67(2,3)4)40-56(59)73(15)32-19-20-33-74(73,78)16)28-30-57(61)75(66)58-43-54-55(71(11,12)37-36-70(54,9)10)44-62(58)76(63)47-27-29-52-53(41-47)69(7,8)35-34-68(52,5)6/h17-18,21-31,38-44H,19-20,32-37H2,1-16H3. The first-order valence-electron chi connectivity index (χ1n) is 30.1. The maximum atomic E-state index is 2.83. The van der Waals surface area contributed by atoms with Gasteiger partial charge < -0.3 is 14.7 Å². The third-order valence-corrected chi connectivity index (χ3v) is 22.3. The number of anilines is 8. The van der Waals surface area contributed by atoms with Gasteiger partial charge in [0.1, 0.15) is 0 Å². The van der Waals surface area contributed by atoms with E-state index in [1.54, 1.807) is 0 Å². The summed E-state index contributed by atoms with van der Waals surface area (Å²) in [5.41, 5.74) is 30.6. The van der Waals surface area contributed by atoms with E-state index in [0.29, 0.717) is 0 Å². The number of rotatable bonds is 3. The fourth-order valence-corrected chi connectivity index (χ4v) is 17.2. The second kappa shape index (κ2) is 15.9. The van der Waals surface area contributed by atoms with Gasteiger partial charge in [-0.1, -0.05) is 177 Å². The van der Waals surface area contributed by atoms with E-state index in [1.807, 2.05) is 0 Å². The van der Waals surface area contributed by atoms with E-state index in [9.17, 15) is 0 Å². The van der Waals surface area contributed by atoms with E-state index in [1.165, 1.54) is 168 Å². The molecule has 1 saturated carbocycles. The molecule has 14 rings (SSSR count). The highest BCUT2D eigenvalue weighted by atomic mass is 15.3. The third kappa shape index (κ3) is 6.64. The molecule has 0 amide bonds. The number of hydrogen-bond donors (Lipinski definition) is 0. The van der Waals surface area contributed by atoms with E-state index < -0.39 is 0 Å². The van der Waals surface area contributed by atoms with E-state index in [2.05, 4.69) is 247 Å². The van der Waals surface area contributed by atoms with Gasteiger partial charge in [0.15, 0.2) is 0 Å². The lowest BCUT2D eigenvalue weighted by Gasteiger charge is -2.51. The molecule has 3 aliphatic heterocycles. The predicted molar refractivity (Wildman–Crippen MR) is 335 cm³/mol. The minimum Gasteiger partial charge on any atom is -0.334 e. The molecule has 4 aliphatic carbocycles. The summed E-state index contributed by atoms with van der Waals surface area (Å²) in [4.78, 5) is 8.33. The minimum absolute atomic E-state index is 0.0130. The summed E-state index contributed by atoms with van der Waals surface area (Å²) in [5, 5.41) is 0. The lowest BCUT2D eigenvalue weighted by atomic mass is 9.33. The van der Waals surface area contributed by atoms with Crippen LogP contribution in [0.5, 0.6) is 0 Å². The van der Waals surface area contributed by atoms with Crippen LogP contribution in [-0.2, 0) is 37.9 Å². The van der Waals surface area contributed by atoms with Crippen molar-refractivity contribution < 1.29 is 0 Å². The zero-order valence-corrected chi connectivity index (χ0v) is 50.1. The van der Waals surface area contributed by atoms with Gasteiger partial charge in [-0.15, -0.1) is 0 Å². The van der Waals surface area contributed by atoms with E-state index in [0.717, 1.165) is 6.42 Å². The molecule has 3 nitrogen and oxygen atoms in total. The smallest absolute Gasteiger partial charge is 0.252 e. The third-order valence-electron chi connectivity index (χ3n) is 22.3. The Morgan fingerprint density at radius 3 is 1.73 bits per heavy atom. The highest BCUT2D eigenvalue weighted by Crippen LogP contribution is 2.63. The Bertz CT molecular complexity index is 3740. The largest absolute Gasteiger partial charge is 0.334 e. The Kier molecular flexibility index (Phi) is 10.2. The second-order valence-electron chi connectivity index (χ2n) is 30.3. The van der Waals surface area contributed by atoms with Gasteiger partial charge in [0.2, 0.25) is 0 Å². The van der Waals surface area contributed by atoms with E-state index in [-0.39, 0.29) is 50.2 Å². The van der Waals surface area contributed by atoms with Crippen molar-refractivity contribution in [2.45, 2.75) is 206 Å². The quantitative estimate of drug-likeness (QED) is 0.163. The van der Waals surface area contributed by atoms with Crippen molar-refractivity contribution in [3.63, 3.8) is 0 Å². The van der Waals surface area contributed by atoms with Crippen molar-refractivity contribution in [3.8, 4) is 11.1 Å². The highest BCUT2D eigenvalue weighted by molar-refractivity contribution is 7.00. The Labute approximate surface area is 469 Å². The highest BCUT2D eigenvalue weighted by Gasteiger charge is 2.58. The molecule has 0 saturated heterocycles. The summed E-state index contributed by atoms with van der Waals surface area (Å²) < 4.78 is 0. The fraction of sp³-hybridized carbons (Fsp3) is 0.432. The Hall–Kier alpha value is -6.00. The molecule has 1 fully saturated rings.